The van der Waals surface area contributed by atoms with E-state index in [4.69, 9.17) is 23.2 Å². The van der Waals surface area contributed by atoms with Gasteiger partial charge in [0, 0.05) is 29.4 Å². The van der Waals surface area contributed by atoms with E-state index in [0.29, 0.717) is 21.3 Å². The maximum Gasteiger partial charge on any atom is 0.253 e. The number of carbonyl (C=O) groups is 2. The summed E-state index contributed by atoms with van der Waals surface area (Å²) >= 11 is 12.0. The van der Waals surface area contributed by atoms with Crippen LogP contribution in [0.4, 0.5) is 11.4 Å². The Bertz CT molecular complexity index is 804. The van der Waals surface area contributed by atoms with E-state index in [1.165, 1.54) is 0 Å². The molecule has 0 saturated carbocycles. The number of hydrogen-bond donors (Lipinski definition) is 2. The molecular formula is C21H25Cl2N3O2. The lowest BCUT2D eigenvalue weighted by Crippen LogP contribution is -2.32. The van der Waals surface area contributed by atoms with E-state index in [1.54, 1.807) is 42.5 Å². The SMILES string of the molecule is CCCN(CCC)C(=O)c1ccc(NCC(=O)Nc2cc(Cl)ccc2Cl)cc1. The van der Waals surface area contributed by atoms with Crippen molar-refractivity contribution >= 4 is 46.4 Å². The summed E-state index contributed by atoms with van der Waals surface area (Å²) in [6.07, 6.45) is 1.86. The zero-order chi connectivity index (χ0) is 20.5. The van der Waals surface area contributed by atoms with Crippen molar-refractivity contribution in [3.63, 3.8) is 0 Å². The van der Waals surface area contributed by atoms with E-state index < -0.39 is 0 Å². The van der Waals surface area contributed by atoms with Crippen molar-refractivity contribution < 1.29 is 9.59 Å². The van der Waals surface area contributed by atoms with Gasteiger partial charge in [0.05, 0.1) is 17.3 Å². The van der Waals surface area contributed by atoms with Gasteiger partial charge in [0.15, 0.2) is 0 Å². The van der Waals surface area contributed by atoms with E-state index in [9.17, 15) is 9.59 Å². The number of hydrogen-bond acceptors (Lipinski definition) is 3. The Balaban J connectivity index is 1.92. The Morgan fingerprint density at radius 3 is 2.21 bits per heavy atom. The minimum atomic E-state index is -0.249. The van der Waals surface area contributed by atoms with Crippen molar-refractivity contribution in [3.8, 4) is 0 Å². The molecule has 2 N–H and O–H groups in total. The Kier molecular flexibility index (Phi) is 8.61. The highest BCUT2D eigenvalue weighted by molar-refractivity contribution is 6.35. The van der Waals surface area contributed by atoms with Crippen LogP contribution in [0.5, 0.6) is 0 Å². The van der Waals surface area contributed by atoms with Crippen molar-refractivity contribution in [2.45, 2.75) is 26.7 Å². The lowest BCUT2D eigenvalue weighted by atomic mass is 10.1. The van der Waals surface area contributed by atoms with Crippen LogP contribution in [0.25, 0.3) is 0 Å². The molecule has 0 radical (unpaired) electrons. The van der Waals surface area contributed by atoms with Crippen LogP contribution in [0.2, 0.25) is 10.0 Å². The lowest BCUT2D eigenvalue weighted by molar-refractivity contribution is -0.114. The molecule has 0 aromatic heterocycles. The summed E-state index contributed by atoms with van der Waals surface area (Å²) in [6, 6.07) is 12.0. The number of nitrogens with zero attached hydrogens (tertiary/aromatic N) is 1. The predicted octanol–water partition coefficient (Wildman–Crippen LogP) is 5.31. The van der Waals surface area contributed by atoms with E-state index in [1.807, 2.05) is 4.90 Å². The van der Waals surface area contributed by atoms with Crippen LogP contribution in [0.15, 0.2) is 42.5 Å². The number of nitrogens with one attached hydrogen (secondary N) is 2. The minimum absolute atomic E-state index is 0.0311. The molecule has 0 bridgehead atoms. The average molecular weight is 422 g/mol. The van der Waals surface area contributed by atoms with E-state index in [2.05, 4.69) is 24.5 Å². The molecule has 0 atom stereocenters. The van der Waals surface area contributed by atoms with Gasteiger partial charge in [0.25, 0.3) is 5.91 Å². The molecule has 0 aliphatic carbocycles. The van der Waals surface area contributed by atoms with Gasteiger partial charge in [-0.25, -0.2) is 0 Å². The first kappa shape index (κ1) is 22.1. The van der Waals surface area contributed by atoms with Crippen LogP contribution in [0.3, 0.4) is 0 Å². The van der Waals surface area contributed by atoms with Crippen molar-refractivity contribution in [1.82, 2.24) is 4.90 Å². The second-order valence-electron chi connectivity index (χ2n) is 6.40. The molecule has 0 fully saturated rings. The van der Waals surface area contributed by atoms with Crippen LogP contribution in [0, 0.1) is 0 Å². The third-order valence-electron chi connectivity index (χ3n) is 4.06. The van der Waals surface area contributed by atoms with Gasteiger partial charge >= 0.3 is 0 Å². The van der Waals surface area contributed by atoms with Gasteiger partial charge in [-0.2, -0.15) is 0 Å². The molecule has 2 rings (SSSR count). The van der Waals surface area contributed by atoms with Gasteiger partial charge < -0.3 is 15.5 Å². The van der Waals surface area contributed by atoms with Gasteiger partial charge in [0.1, 0.15) is 0 Å². The fraction of sp³-hybridized carbons (Fsp3) is 0.333. The Morgan fingerprint density at radius 1 is 0.964 bits per heavy atom. The normalized spacial score (nSPS) is 10.4. The van der Waals surface area contributed by atoms with Crippen LogP contribution in [-0.4, -0.2) is 36.3 Å². The van der Waals surface area contributed by atoms with E-state index in [-0.39, 0.29) is 18.4 Å². The Morgan fingerprint density at radius 2 is 1.61 bits per heavy atom. The zero-order valence-electron chi connectivity index (χ0n) is 16.1. The number of benzene rings is 2. The monoisotopic (exact) mass is 421 g/mol. The fourth-order valence-electron chi connectivity index (χ4n) is 2.74. The van der Waals surface area contributed by atoms with Gasteiger partial charge in [0.2, 0.25) is 5.91 Å². The van der Waals surface area contributed by atoms with Crippen molar-refractivity contribution in [1.29, 1.82) is 0 Å². The highest BCUT2D eigenvalue weighted by Crippen LogP contribution is 2.25. The van der Waals surface area contributed by atoms with E-state index in [0.717, 1.165) is 31.6 Å². The molecule has 7 heteroatoms. The number of carbonyl (C=O) groups excluding carboxylic acids is 2. The van der Waals surface area contributed by atoms with Gasteiger partial charge in [-0.05, 0) is 55.3 Å². The fourth-order valence-corrected chi connectivity index (χ4v) is 3.07. The predicted molar refractivity (Wildman–Crippen MR) is 117 cm³/mol. The summed E-state index contributed by atoms with van der Waals surface area (Å²) in [6.45, 7) is 5.68. The molecule has 0 aliphatic rings. The summed E-state index contributed by atoms with van der Waals surface area (Å²) in [5.74, 6) is -0.218. The maximum atomic E-state index is 12.6. The largest absolute Gasteiger partial charge is 0.376 e. The molecule has 150 valence electrons. The van der Waals surface area contributed by atoms with Crippen molar-refractivity contribution in [3.05, 3.63) is 58.1 Å². The second kappa shape index (κ2) is 10.9. The molecule has 5 nitrogen and oxygen atoms in total. The lowest BCUT2D eigenvalue weighted by Gasteiger charge is -2.21. The smallest absolute Gasteiger partial charge is 0.253 e. The summed E-state index contributed by atoms with van der Waals surface area (Å²) in [5, 5.41) is 6.66. The molecule has 2 amide bonds. The van der Waals surface area contributed by atoms with Crippen LogP contribution >= 0.6 is 23.2 Å². The summed E-state index contributed by atoms with van der Waals surface area (Å²) in [7, 11) is 0. The molecule has 0 unspecified atom stereocenters. The molecule has 2 aromatic carbocycles. The van der Waals surface area contributed by atoms with Gasteiger partial charge in [-0.3, -0.25) is 9.59 Å². The third-order valence-corrected chi connectivity index (χ3v) is 4.63. The molecule has 28 heavy (non-hydrogen) atoms. The molecule has 0 heterocycles. The molecule has 0 spiro atoms. The maximum absolute atomic E-state index is 12.6. The van der Waals surface area contributed by atoms with Gasteiger partial charge in [-0.15, -0.1) is 0 Å². The molecule has 0 aliphatic heterocycles. The minimum Gasteiger partial charge on any atom is -0.376 e. The quantitative estimate of drug-likeness (QED) is 0.576. The number of halogens is 2. The number of anilines is 2. The highest BCUT2D eigenvalue weighted by atomic mass is 35.5. The van der Waals surface area contributed by atoms with Gasteiger partial charge in [-0.1, -0.05) is 37.0 Å². The van der Waals surface area contributed by atoms with Crippen LogP contribution in [0.1, 0.15) is 37.0 Å². The average Bonchev–Trinajstić information content (AvgIpc) is 2.69. The first-order chi connectivity index (χ1) is 13.4. The highest BCUT2D eigenvalue weighted by Gasteiger charge is 2.14. The number of amides is 2. The first-order valence-electron chi connectivity index (χ1n) is 9.32. The summed E-state index contributed by atoms with van der Waals surface area (Å²) < 4.78 is 0. The molecule has 0 saturated heterocycles. The third kappa shape index (κ3) is 6.43. The Hall–Kier alpha value is -2.24. The zero-order valence-corrected chi connectivity index (χ0v) is 17.6. The number of rotatable bonds is 9. The summed E-state index contributed by atoms with van der Waals surface area (Å²) in [5.41, 5.74) is 1.86. The van der Waals surface area contributed by atoms with Crippen LogP contribution < -0.4 is 10.6 Å². The first-order valence-corrected chi connectivity index (χ1v) is 10.1. The standard InChI is InChI=1S/C21H25Cl2N3O2/c1-3-11-26(12-4-2)21(28)15-5-8-17(9-6-15)24-14-20(27)25-19-13-16(22)7-10-18(19)23/h5-10,13,24H,3-4,11-12,14H2,1-2H3,(H,25,27). The topological polar surface area (TPSA) is 61.4 Å². The molecular weight excluding hydrogens is 397 g/mol. The van der Waals surface area contributed by atoms with Crippen molar-refractivity contribution in [2.75, 3.05) is 30.3 Å². The van der Waals surface area contributed by atoms with Crippen molar-refractivity contribution in [2.24, 2.45) is 0 Å². The van der Waals surface area contributed by atoms with E-state index >= 15 is 0 Å². The molecule has 2 aromatic rings. The van der Waals surface area contributed by atoms with Crippen LogP contribution in [-0.2, 0) is 4.79 Å². The second-order valence-corrected chi connectivity index (χ2v) is 7.24. The Labute approximate surface area is 176 Å². The summed E-state index contributed by atoms with van der Waals surface area (Å²) in [4.78, 5) is 26.6.